The van der Waals surface area contributed by atoms with Crippen molar-refractivity contribution in [1.82, 2.24) is 10.3 Å². The first-order chi connectivity index (χ1) is 10.6. The monoisotopic (exact) mass is 317 g/mol. The molecule has 1 amide bonds. The molecule has 3 rings (SSSR count). The minimum atomic E-state index is 0.172. The molecule has 0 aliphatic carbocycles. The van der Waals surface area contributed by atoms with Gasteiger partial charge in [0.1, 0.15) is 0 Å². The molecule has 1 aliphatic heterocycles. The second kappa shape index (κ2) is 6.65. The van der Waals surface area contributed by atoms with Crippen LogP contribution in [0.4, 0.5) is 5.13 Å². The fourth-order valence-corrected chi connectivity index (χ4v) is 3.92. The minimum absolute atomic E-state index is 0.172. The van der Waals surface area contributed by atoms with Crippen LogP contribution in [0.1, 0.15) is 33.1 Å². The van der Waals surface area contributed by atoms with Crippen LogP contribution >= 0.6 is 11.3 Å². The molecule has 1 aromatic carbocycles. The van der Waals surface area contributed by atoms with Crippen LogP contribution in [0.15, 0.2) is 24.3 Å². The highest BCUT2D eigenvalue weighted by atomic mass is 32.1. The number of hydrogen-bond donors (Lipinski definition) is 1. The van der Waals surface area contributed by atoms with E-state index in [1.165, 1.54) is 4.70 Å². The number of para-hydroxylation sites is 1. The molecule has 1 N–H and O–H groups in total. The van der Waals surface area contributed by atoms with Gasteiger partial charge >= 0.3 is 0 Å². The zero-order valence-electron chi connectivity index (χ0n) is 13.2. The summed E-state index contributed by atoms with van der Waals surface area (Å²) in [4.78, 5) is 19.0. The Kier molecular flexibility index (Phi) is 4.62. The van der Waals surface area contributed by atoms with Crippen LogP contribution in [-0.4, -0.2) is 30.0 Å². The van der Waals surface area contributed by atoms with Crippen LogP contribution in [0.25, 0.3) is 10.2 Å². The number of carbonyl (C=O) groups is 1. The highest BCUT2D eigenvalue weighted by Crippen LogP contribution is 2.30. The fraction of sp³-hybridized carbons (Fsp3) is 0.529. The zero-order valence-corrected chi connectivity index (χ0v) is 14.0. The van der Waals surface area contributed by atoms with Crippen LogP contribution < -0.4 is 10.2 Å². The van der Waals surface area contributed by atoms with Crippen molar-refractivity contribution in [2.45, 2.75) is 39.2 Å². The van der Waals surface area contributed by atoms with E-state index in [2.05, 4.69) is 42.3 Å². The van der Waals surface area contributed by atoms with Gasteiger partial charge in [-0.05, 0) is 30.9 Å². The summed E-state index contributed by atoms with van der Waals surface area (Å²) in [7, 11) is 0. The molecule has 1 aromatic heterocycles. The number of benzene rings is 1. The van der Waals surface area contributed by atoms with Crippen molar-refractivity contribution < 1.29 is 4.79 Å². The lowest BCUT2D eigenvalue weighted by Gasteiger charge is -2.33. The summed E-state index contributed by atoms with van der Waals surface area (Å²) in [6.07, 6.45) is 2.77. The molecule has 0 spiro atoms. The molecular weight excluding hydrogens is 294 g/mol. The molecule has 0 radical (unpaired) electrons. The standard InChI is InChI=1S/C17H23N3OS/c1-12(2)10-16(21)18-13-6-5-9-20(11-13)17-19-14-7-3-4-8-15(14)22-17/h3-4,7-8,12-13H,5-6,9-11H2,1-2H3,(H,18,21)/t13-/m1/s1. The maximum Gasteiger partial charge on any atom is 0.220 e. The number of anilines is 1. The number of rotatable bonds is 4. The number of thiazole rings is 1. The molecule has 2 heterocycles. The summed E-state index contributed by atoms with van der Waals surface area (Å²) >= 11 is 1.74. The average molecular weight is 317 g/mol. The van der Waals surface area contributed by atoms with Crippen molar-refractivity contribution in [3.8, 4) is 0 Å². The van der Waals surface area contributed by atoms with Gasteiger partial charge in [0.15, 0.2) is 5.13 Å². The second-order valence-electron chi connectivity index (χ2n) is 6.41. The molecule has 1 fully saturated rings. The Bertz CT molecular complexity index is 619. The number of fused-ring (bicyclic) bond motifs is 1. The lowest BCUT2D eigenvalue weighted by molar-refractivity contribution is -0.122. The maximum atomic E-state index is 12.0. The molecule has 4 nitrogen and oxygen atoms in total. The first-order valence-corrected chi connectivity index (χ1v) is 8.83. The Morgan fingerprint density at radius 1 is 1.45 bits per heavy atom. The number of nitrogens with one attached hydrogen (secondary N) is 1. The highest BCUT2D eigenvalue weighted by Gasteiger charge is 2.23. The Balaban J connectivity index is 1.66. The Morgan fingerprint density at radius 3 is 3.05 bits per heavy atom. The molecule has 118 valence electrons. The van der Waals surface area contributed by atoms with E-state index >= 15 is 0 Å². The van der Waals surface area contributed by atoms with Gasteiger partial charge in [-0.15, -0.1) is 0 Å². The van der Waals surface area contributed by atoms with Crippen molar-refractivity contribution in [3.05, 3.63) is 24.3 Å². The molecule has 1 saturated heterocycles. The van der Waals surface area contributed by atoms with Crippen LogP contribution in [0.2, 0.25) is 0 Å². The van der Waals surface area contributed by atoms with E-state index in [4.69, 9.17) is 4.98 Å². The molecule has 2 aromatic rings. The molecule has 1 aliphatic rings. The zero-order chi connectivity index (χ0) is 15.5. The van der Waals surface area contributed by atoms with Crippen LogP contribution in [0.3, 0.4) is 0 Å². The first-order valence-electron chi connectivity index (χ1n) is 8.01. The van der Waals surface area contributed by atoms with E-state index < -0.39 is 0 Å². The van der Waals surface area contributed by atoms with E-state index in [9.17, 15) is 4.79 Å². The minimum Gasteiger partial charge on any atom is -0.352 e. The SMILES string of the molecule is CC(C)CC(=O)N[C@@H]1CCCN(c2nc3ccccc3s2)C1. The predicted molar refractivity (Wildman–Crippen MR) is 92.5 cm³/mol. The summed E-state index contributed by atoms with van der Waals surface area (Å²) < 4.78 is 1.23. The third kappa shape index (κ3) is 3.58. The molecule has 0 bridgehead atoms. The number of carbonyl (C=O) groups excluding carboxylic acids is 1. The summed E-state index contributed by atoms with van der Waals surface area (Å²) in [6.45, 7) is 6.04. The van der Waals surface area contributed by atoms with Gasteiger partial charge < -0.3 is 10.2 Å². The molecule has 5 heteroatoms. The van der Waals surface area contributed by atoms with Gasteiger partial charge in [-0.25, -0.2) is 4.98 Å². The normalized spacial score (nSPS) is 18.9. The van der Waals surface area contributed by atoms with Gasteiger partial charge in [0.25, 0.3) is 0 Å². The fourth-order valence-electron chi connectivity index (χ4n) is 2.92. The molecule has 0 saturated carbocycles. The smallest absolute Gasteiger partial charge is 0.220 e. The van der Waals surface area contributed by atoms with Crippen molar-refractivity contribution >= 4 is 32.6 Å². The summed E-state index contributed by atoms with van der Waals surface area (Å²) in [5.41, 5.74) is 1.06. The average Bonchev–Trinajstić information content (AvgIpc) is 2.90. The number of nitrogens with zero attached hydrogens (tertiary/aromatic N) is 2. The largest absolute Gasteiger partial charge is 0.352 e. The number of aromatic nitrogens is 1. The van der Waals surface area contributed by atoms with E-state index in [1.807, 2.05) is 6.07 Å². The van der Waals surface area contributed by atoms with Crippen molar-refractivity contribution in [1.29, 1.82) is 0 Å². The van der Waals surface area contributed by atoms with Gasteiger partial charge in [-0.1, -0.05) is 37.3 Å². The highest BCUT2D eigenvalue weighted by molar-refractivity contribution is 7.22. The number of piperidine rings is 1. The third-order valence-electron chi connectivity index (χ3n) is 3.93. The van der Waals surface area contributed by atoms with Crippen LogP contribution in [0, 0.1) is 5.92 Å². The number of amides is 1. The second-order valence-corrected chi connectivity index (χ2v) is 7.42. The third-order valence-corrected chi connectivity index (χ3v) is 5.03. The maximum absolute atomic E-state index is 12.0. The van der Waals surface area contributed by atoms with Crippen molar-refractivity contribution in [2.75, 3.05) is 18.0 Å². The first kappa shape index (κ1) is 15.3. The summed E-state index contributed by atoms with van der Waals surface area (Å²) in [5, 5.41) is 4.25. The van der Waals surface area contributed by atoms with Crippen molar-refractivity contribution in [3.63, 3.8) is 0 Å². The predicted octanol–water partition coefficient (Wildman–Crippen LogP) is 3.43. The molecule has 0 unspecified atom stereocenters. The lowest BCUT2D eigenvalue weighted by atomic mass is 10.0. The van der Waals surface area contributed by atoms with Gasteiger partial charge in [-0.3, -0.25) is 4.79 Å². The van der Waals surface area contributed by atoms with Gasteiger partial charge in [0, 0.05) is 25.6 Å². The van der Waals surface area contributed by atoms with E-state index in [1.54, 1.807) is 11.3 Å². The lowest BCUT2D eigenvalue weighted by Crippen LogP contribution is -2.48. The van der Waals surface area contributed by atoms with Crippen molar-refractivity contribution in [2.24, 2.45) is 5.92 Å². The van der Waals surface area contributed by atoms with Crippen LogP contribution in [-0.2, 0) is 4.79 Å². The topological polar surface area (TPSA) is 45.2 Å². The Hall–Kier alpha value is -1.62. The van der Waals surface area contributed by atoms with E-state index in [0.717, 1.165) is 36.6 Å². The van der Waals surface area contributed by atoms with Gasteiger partial charge in [-0.2, -0.15) is 0 Å². The quantitative estimate of drug-likeness (QED) is 0.939. The number of hydrogen-bond acceptors (Lipinski definition) is 4. The Morgan fingerprint density at radius 2 is 2.27 bits per heavy atom. The van der Waals surface area contributed by atoms with E-state index in [0.29, 0.717) is 12.3 Å². The summed E-state index contributed by atoms with van der Waals surface area (Å²) in [6, 6.07) is 8.49. The molecule has 1 atom stereocenters. The van der Waals surface area contributed by atoms with Crippen LogP contribution in [0.5, 0.6) is 0 Å². The van der Waals surface area contributed by atoms with Gasteiger partial charge in [0.2, 0.25) is 5.91 Å². The molecule has 22 heavy (non-hydrogen) atoms. The Labute approximate surface area is 135 Å². The molecular formula is C17H23N3OS. The summed E-state index contributed by atoms with van der Waals surface area (Å²) in [5.74, 6) is 0.579. The van der Waals surface area contributed by atoms with Gasteiger partial charge in [0.05, 0.1) is 10.2 Å². The van der Waals surface area contributed by atoms with E-state index in [-0.39, 0.29) is 11.9 Å².